The molecule has 3 N–H and O–H groups in total. The van der Waals surface area contributed by atoms with E-state index in [1.54, 1.807) is 7.05 Å². The third kappa shape index (κ3) is 3.82. The van der Waals surface area contributed by atoms with Gasteiger partial charge in [0.2, 0.25) is 5.91 Å². The summed E-state index contributed by atoms with van der Waals surface area (Å²) in [7, 11) is 1.65. The van der Waals surface area contributed by atoms with Crippen LogP contribution in [0.5, 0.6) is 0 Å². The van der Waals surface area contributed by atoms with Gasteiger partial charge in [0.05, 0.1) is 5.41 Å². The van der Waals surface area contributed by atoms with Gasteiger partial charge in [-0.05, 0) is 27.2 Å². The Balaban J connectivity index is 2.87. The van der Waals surface area contributed by atoms with E-state index in [1.807, 2.05) is 20.8 Å². The minimum atomic E-state index is -0.497. The number of nitrogens with one attached hydrogen (secondary N) is 3. The average molecular weight is 279 g/mol. The van der Waals surface area contributed by atoms with Crippen molar-refractivity contribution in [3.05, 3.63) is 11.9 Å². The van der Waals surface area contributed by atoms with E-state index in [9.17, 15) is 4.79 Å². The molecule has 20 heavy (non-hydrogen) atoms. The highest BCUT2D eigenvalue weighted by atomic mass is 16.2. The standard InChI is InChI=1S/C14H25N5O/c1-6-10-11(16-7-2)18-9-19-12(10)17-8-14(3,4)13(20)15-5/h9H,6-8H2,1-5H3,(H,15,20)(H2,16,17,18,19). The molecule has 0 unspecified atom stereocenters. The second-order valence-electron chi connectivity index (χ2n) is 5.25. The lowest BCUT2D eigenvalue weighted by Crippen LogP contribution is -2.39. The fraction of sp³-hybridized carbons (Fsp3) is 0.643. The Bertz CT molecular complexity index is 459. The normalized spacial score (nSPS) is 11.1. The average Bonchev–Trinajstić information content (AvgIpc) is 2.44. The second kappa shape index (κ2) is 7.07. The molecule has 112 valence electrons. The third-order valence-corrected chi connectivity index (χ3v) is 3.18. The van der Waals surface area contributed by atoms with Crippen molar-refractivity contribution in [1.29, 1.82) is 0 Å². The van der Waals surface area contributed by atoms with E-state index in [4.69, 9.17) is 0 Å². The van der Waals surface area contributed by atoms with Crippen LogP contribution in [0, 0.1) is 5.41 Å². The molecule has 1 aromatic rings. The summed E-state index contributed by atoms with van der Waals surface area (Å²) in [5, 5.41) is 9.17. The van der Waals surface area contributed by atoms with Crippen LogP contribution in [-0.2, 0) is 11.2 Å². The van der Waals surface area contributed by atoms with Crippen LogP contribution in [0.25, 0.3) is 0 Å². The van der Waals surface area contributed by atoms with Gasteiger partial charge in [0.15, 0.2) is 0 Å². The van der Waals surface area contributed by atoms with Crippen molar-refractivity contribution in [1.82, 2.24) is 15.3 Å². The van der Waals surface area contributed by atoms with Crippen molar-refractivity contribution >= 4 is 17.5 Å². The lowest BCUT2D eigenvalue weighted by molar-refractivity contribution is -0.128. The molecule has 0 atom stereocenters. The molecule has 0 aliphatic heterocycles. The number of aromatic nitrogens is 2. The van der Waals surface area contributed by atoms with E-state index in [2.05, 4.69) is 32.8 Å². The Morgan fingerprint density at radius 2 is 1.80 bits per heavy atom. The fourth-order valence-corrected chi connectivity index (χ4v) is 1.94. The van der Waals surface area contributed by atoms with Crippen LogP contribution in [0.3, 0.4) is 0 Å². The number of nitrogens with zero attached hydrogens (tertiary/aromatic N) is 2. The van der Waals surface area contributed by atoms with Gasteiger partial charge in [0, 0.05) is 25.7 Å². The molecule has 1 heterocycles. The van der Waals surface area contributed by atoms with E-state index >= 15 is 0 Å². The van der Waals surface area contributed by atoms with Crippen molar-refractivity contribution in [2.75, 3.05) is 30.8 Å². The predicted molar refractivity (Wildman–Crippen MR) is 81.9 cm³/mol. The number of rotatable bonds is 7. The third-order valence-electron chi connectivity index (χ3n) is 3.18. The lowest BCUT2D eigenvalue weighted by atomic mass is 9.92. The first kappa shape index (κ1) is 16.2. The number of amides is 1. The molecule has 1 aromatic heterocycles. The number of carbonyl (C=O) groups excluding carboxylic acids is 1. The van der Waals surface area contributed by atoms with Gasteiger partial charge in [-0.3, -0.25) is 4.79 Å². The molecule has 6 nitrogen and oxygen atoms in total. The molecular formula is C14H25N5O. The van der Waals surface area contributed by atoms with Crippen molar-refractivity contribution in [2.45, 2.75) is 34.1 Å². The summed E-state index contributed by atoms with van der Waals surface area (Å²) < 4.78 is 0. The minimum Gasteiger partial charge on any atom is -0.370 e. The topological polar surface area (TPSA) is 78.9 Å². The fourth-order valence-electron chi connectivity index (χ4n) is 1.94. The van der Waals surface area contributed by atoms with Crippen molar-refractivity contribution in [3.63, 3.8) is 0 Å². The molecule has 0 saturated heterocycles. The van der Waals surface area contributed by atoms with Gasteiger partial charge in [-0.1, -0.05) is 6.92 Å². The first-order valence-corrected chi connectivity index (χ1v) is 7.00. The highest BCUT2D eigenvalue weighted by Crippen LogP contribution is 2.22. The van der Waals surface area contributed by atoms with Crippen LogP contribution < -0.4 is 16.0 Å². The minimum absolute atomic E-state index is 0.00371. The summed E-state index contributed by atoms with van der Waals surface area (Å²) >= 11 is 0. The lowest BCUT2D eigenvalue weighted by Gasteiger charge is -2.24. The summed E-state index contributed by atoms with van der Waals surface area (Å²) in [6, 6.07) is 0. The summed E-state index contributed by atoms with van der Waals surface area (Å²) in [5.41, 5.74) is 0.547. The van der Waals surface area contributed by atoms with Gasteiger partial charge in [-0.15, -0.1) is 0 Å². The molecule has 0 bridgehead atoms. The van der Waals surface area contributed by atoms with Crippen LogP contribution in [0.4, 0.5) is 11.6 Å². The Hall–Kier alpha value is -1.85. The zero-order chi connectivity index (χ0) is 15.2. The summed E-state index contributed by atoms with van der Waals surface area (Å²) in [6.45, 7) is 9.22. The Morgan fingerprint density at radius 1 is 1.20 bits per heavy atom. The van der Waals surface area contributed by atoms with Crippen molar-refractivity contribution in [3.8, 4) is 0 Å². The summed E-state index contributed by atoms with van der Waals surface area (Å²) in [6.07, 6.45) is 2.36. The van der Waals surface area contributed by atoms with Crippen molar-refractivity contribution in [2.24, 2.45) is 5.41 Å². The van der Waals surface area contributed by atoms with Gasteiger partial charge >= 0.3 is 0 Å². The van der Waals surface area contributed by atoms with E-state index < -0.39 is 5.41 Å². The highest BCUT2D eigenvalue weighted by molar-refractivity contribution is 5.82. The molecule has 0 fully saturated rings. The Kier molecular flexibility index (Phi) is 5.73. The molecule has 0 aliphatic carbocycles. The van der Waals surface area contributed by atoms with Crippen LogP contribution in [0.1, 0.15) is 33.3 Å². The molecule has 0 saturated carbocycles. The SMILES string of the molecule is CCNc1ncnc(NCC(C)(C)C(=O)NC)c1CC. The van der Waals surface area contributed by atoms with Gasteiger partial charge in [-0.2, -0.15) is 0 Å². The Morgan fingerprint density at radius 3 is 2.30 bits per heavy atom. The first-order valence-electron chi connectivity index (χ1n) is 7.00. The largest absolute Gasteiger partial charge is 0.370 e. The van der Waals surface area contributed by atoms with E-state index in [1.165, 1.54) is 6.33 Å². The number of anilines is 2. The number of hydrogen-bond donors (Lipinski definition) is 3. The van der Waals surface area contributed by atoms with Crippen LogP contribution in [0.15, 0.2) is 6.33 Å². The number of carbonyl (C=O) groups is 1. The van der Waals surface area contributed by atoms with Gasteiger partial charge in [0.1, 0.15) is 18.0 Å². The first-order chi connectivity index (χ1) is 9.46. The van der Waals surface area contributed by atoms with Gasteiger partial charge in [0.25, 0.3) is 0 Å². The molecule has 1 rings (SSSR count). The maximum atomic E-state index is 11.8. The molecule has 1 amide bonds. The zero-order valence-corrected chi connectivity index (χ0v) is 13.0. The predicted octanol–water partition coefficient (Wildman–Crippen LogP) is 1.65. The van der Waals surface area contributed by atoms with E-state index in [-0.39, 0.29) is 5.91 Å². The Labute approximate surface area is 120 Å². The molecule has 6 heteroatoms. The van der Waals surface area contributed by atoms with Crippen LogP contribution >= 0.6 is 0 Å². The molecule has 0 aliphatic rings. The van der Waals surface area contributed by atoms with E-state index in [0.717, 1.165) is 30.2 Å². The molecular weight excluding hydrogens is 254 g/mol. The van der Waals surface area contributed by atoms with Crippen molar-refractivity contribution < 1.29 is 4.79 Å². The molecule has 0 aromatic carbocycles. The van der Waals surface area contributed by atoms with Crippen LogP contribution in [0.2, 0.25) is 0 Å². The maximum Gasteiger partial charge on any atom is 0.227 e. The molecule has 0 radical (unpaired) electrons. The monoisotopic (exact) mass is 279 g/mol. The van der Waals surface area contributed by atoms with Gasteiger partial charge < -0.3 is 16.0 Å². The maximum absolute atomic E-state index is 11.8. The van der Waals surface area contributed by atoms with E-state index in [0.29, 0.717) is 6.54 Å². The highest BCUT2D eigenvalue weighted by Gasteiger charge is 2.26. The zero-order valence-electron chi connectivity index (χ0n) is 13.0. The van der Waals surface area contributed by atoms with Gasteiger partial charge in [-0.25, -0.2) is 9.97 Å². The summed E-state index contributed by atoms with van der Waals surface area (Å²) in [5.74, 6) is 1.64. The summed E-state index contributed by atoms with van der Waals surface area (Å²) in [4.78, 5) is 20.3. The quantitative estimate of drug-likeness (QED) is 0.707. The van der Waals surface area contributed by atoms with Crippen LogP contribution in [-0.4, -0.2) is 36.0 Å². The number of hydrogen-bond acceptors (Lipinski definition) is 5. The second-order valence-corrected chi connectivity index (χ2v) is 5.25. The molecule has 0 spiro atoms. The smallest absolute Gasteiger partial charge is 0.227 e.